The Bertz CT molecular complexity index is 1630. The Hall–Kier alpha value is -4.33. The van der Waals surface area contributed by atoms with Gasteiger partial charge in [-0.2, -0.15) is 9.49 Å². The second kappa shape index (κ2) is 11.3. The lowest BCUT2D eigenvalue weighted by Crippen LogP contribution is -2.44. The van der Waals surface area contributed by atoms with Gasteiger partial charge in [-0.25, -0.2) is 32.2 Å². The fourth-order valence-corrected chi connectivity index (χ4v) is 4.90. The van der Waals surface area contributed by atoms with Crippen LogP contribution in [0.5, 0.6) is 11.5 Å². The van der Waals surface area contributed by atoms with E-state index in [9.17, 15) is 22.4 Å². The van der Waals surface area contributed by atoms with Gasteiger partial charge in [-0.3, -0.25) is 4.79 Å². The lowest BCUT2D eigenvalue weighted by Gasteiger charge is -2.33. The number of piperidine rings is 1. The summed E-state index contributed by atoms with van der Waals surface area (Å²) in [6.45, 7) is -0.246. The van der Waals surface area contributed by atoms with Crippen LogP contribution in [0.1, 0.15) is 24.4 Å². The summed E-state index contributed by atoms with van der Waals surface area (Å²) < 4.78 is 77.7. The number of alkyl halides is 1. The molecule has 1 aliphatic heterocycles. The molecule has 1 fully saturated rings. The van der Waals surface area contributed by atoms with E-state index in [-0.39, 0.29) is 52.8 Å². The van der Waals surface area contributed by atoms with E-state index >= 15 is 4.39 Å². The Morgan fingerprint density at radius 1 is 1.12 bits per heavy atom. The molecular formula is C27H26F5N7O2. The van der Waals surface area contributed by atoms with Gasteiger partial charge < -0.3 is 20.3 Å². The standard InChI is InChI=1S/C27H26F5N7O2/c1-37(2)12-21(40)38-7-3-4-14(11-38)39-27-22(26(33)34-13-35-27)24(36-39)16-6-5-15(8-18(16)29)41-25-17(10-28)19(30)9-20(31)23(25)32/h5-6,8-9,13-14H,3-4,7,10-12H2,1-2H3,(H2,33,34,35). The summed E-state index contributed by atoms with van der Waals surface area (Å²) in [6.07, 6.45) is 2.67. The van der Waals surface area contributed by atoms with Crippen LogP contribution < -0.4 is 10.5 Å². The molecule has 4 aromatic rings. The van der Waals surface area contributed by atoms with Gasteiger partial charge in [0.1, 0.15) is 41.9 Å². The number of amides is 1. The third-order valence-corrected chi connectivity index (χ3v) is 6.84. The van der Waals surface area contributed by atoms with Gasteiger partial charge in [-0.1, -0.05) is 0 Å². The van der Waals surface area contributed by atoms with E-state index in [0.717, 1.165) is 12.5 Å². The highest BCUT2D eigenvalue weighted by molar-refractivity contribution is 5.98. The number of fused-ring (bicyclic) bond motifs is 1. The number of likely N-dealkylation sites (N-methyl/N-ethyl adjacent to an activating group) is 1. The summed E-state index contributed by atoms with van der Waals surface area (Å²) in [6, 6.07) is 3.27. The molecule has 0 radical (unpaired) electrons. The van der Waals surface area contributed by atoms with Crippen molar-refractivity contribution in [3.63, 3.8) is 0 Å². The van der Waals surface area contributed by atoms with Crippen molar-refractivity contribution >= 4 is 22.8 Å². The number of nitrogens with two attached hydrogens (primary N) is 1. The van der Waals surface area contributed by atoms with Crippen LogP contribution >= 0.6 is 0 Å². The maximum absolute atomic E-state index is 15.5. The smallest absolute Gasteiger partial charge is 0.236 e. The Balaban J connectivity index is 1.51. The predicted molar refractivity (Wildman–Crippen MR) is 140 cm³/mol. The van der Waals surface area contributed by atoms with Crippen molar-refractivity contribution in [2.45, 2.75) is 25.6 Å². The van der Waals surface area contributed by atoms with E-state index < -0.39 is 41.3 Å². The highest BCUT2D eigenvalue weighted by Gasteiger charge is 2.30. The minimum absolute atomic E-state index is 0.0299. The molecule has 0 saturated carbocycles. The van der Waals surface area contributed by atoms with E-state index in [0.29, 0.717) is 25.2 Å². The van der Waals surface area contributed by atoms with E-state index in [1.807, 2.05) is 14.1 Å². The molecule has 14 heteroatoms. The molecule has 216 valence electrons. The number of benzene rings is 2. The number of nitrogen functional groups attached to an aromatic ring is 1. The van der Waals surface area contributed by atoms with Crippen molar-refractivity contribution in [1.29, 1.82) is 0 Å². The first-order valence-corrected chi connectivity index (χ1v) is 12.7. The van der Waals surface area contributed by atoms with E-state index in [2.05, 4.69) is 15.1 Å². The number of halogens is 5. The lowest BCUT2D eigenvalue weighted by molar-refractivity contribution is -0.133. The molecule has 1 saturated heterocycles. The Labute approximate surface area is 231 Å². The molecule has 1 aliphatic rings. The number of nitrogens with zero attached hydrogens (tertiary/aromatic N) is 6. The minimum atomic E-state index is -1.61. The van der Waals surface area contributed by atoms with Crippen molar-refractivity contribution in [2.24, 2.45) is 0 Å². The van der Waals surface area contributed by atoms with Crippen molar-refractivity contribution in [2.75, 3.05) is 39.5 Å². The molecule has 0 bridgehead atoms. The summed E-state index contributed by atoms with van der Waals surface area (Å²) in [4.78, 5) is 24.6. The number of ether oxygens (including phenoxy) is 1. The highest BCUT2D eigenvalue weighted by Crippen LogP contribution is 2.38. The number of hydrogen-bond acceptors (Lipinski definition) is 7. The molecule has 0 aliphatic carbocycles. The molecular weight excluding hydrogens is 549 g/mol. The van der Waals surface area contributed by atoms with Crippen molar-refractivity contribution < 1.29 is 31.5 Å². The molecule has 9 nitrogen and oxygen atoms in total. The highest BCUT2D eigenvalue weighted by atomic mass is 19.2. The van der Waals surface area contributed by atoms with Crippen LogP contribution in [0.3, 0.4) is 0 Å². The summed E-state index contributed by atoms with van der Waals surface area (Å²) in [7, 11) is 3.62. The Kier molecular flexibility index (Phi) is 7.76. The van der Waals surface area contributed by atoms with Crippen LogP contribution in [0.4, 0.5) is 27.8 Å². The molecule has 2 aromatic carbocycles. The molecule has 1 atom stereocenters. The van der Waals surface area contributed by atoms with E-state index in [1.165, 1.54) is 18.5 Å². The van der Waals surface area contributed by atoms with Crippen LogP contribution in [0, 0.1) is 23.3 Å². The number of carbonyl (C=O) groups is 1. The zero-order valence-corrected chi connectivity index (χ0v) is 22.2. The Morgan fingerprint density at radius 3 is 2.61 bits per heavy atom. The molecule has 2 aromatic heterocycles. The number of likely N-dealkylation sites (tertiary alicyclic amines) is 1. The fourth-order valence-electron chi connectivity index (χ4n) is 4.90. The predicted octanol–water partition coefficient (Wildman–Crippen LogP) is 4.62. The number of carbonyl (C=O) groups excluding carboxylic acids is 1. The van der Waals surface area contributed by atoms with Crippen molar-refractivity contribution in [1.82, 2.24) is 29.5 Å². The number of rotatable bonds is 7. The normalized spacial score (nSPS) is 15.6. The largest absolute Gasteiger partial charge is 0.454 e. The molecule has 0 spiro atoms. The average Bonchev–Trinajstić information content (AvgIpc) is 3.32. The van der Waals surface area contributed by atoms with Gasteiger partial charge in [0.25, 0.3) is 0 Å². The van der Waals surface area contributed by atoms with Gasteiger partial charge >= 0.3 is 0 Å². The SMILES string of the molecule is CN(C)CC(=O)N1CCCC(n2nc(-c3ccc(Oc4c(F)c(F)cc(F)c4CF)cc3F)c3c(N)ncnc32)C1. The van der Waals surface area contributed by atoms with Crippen LogP contribution in [0.2, 0.25) is 0 Å². The first-order chi connectivity index (χ1) is 19.6. The zero-order valence-electron chi connectivity index (χ0n) is 22.2. The zero-order chi connectivity index (χ0) is 29.4. The van der Waals surface area contributed by atoms with Gasteiger partial charge in [-0.15, -0.1) is 0 Å². The third kappa shape index (κ3) is 5.38. The molecule has 1 amide bonds. The molecule has 2 N–H and O–H groups in total. The average molecular weight is 576 g/mol. The first kappa shape index (κ1) is 28.2. The summed E-state index contributed by atoms with van der Waals surface area (Å²) in [5.74, 6) is -6.74. The van der Waals surface area contributed by atoms with Crippen LogP contribution in [-0.4, -0.2) is 69.2 Å². The number of anilines is 1. The second-order valence-electron chi connectivity index (χ2n) is 9.96. The summed E-state index contributed by atoms with van der Waals surface area (Å²) >= 11 is 0. The number of hydrogen-bond donors (Lipinski definition) is 1. The van der Waals surface area contributed by atoms with Gasteiger partial charge in [0.15, 0.2) is 17.2 Å². The topological polar surface area (TPSA) is 102 Å². The monoisotopic (exact) mass is 575 g/mol. The molecule has 41 heavy (non-hydrogen) atoms. The first-order valence-electron chi connectivity index (χ1n) is 12.7. The van der Waals surface area contributed by atoms with Gasteiger partial charge in [0.05, 0.1) is 23.5 Å². The quantitative estimate of drug-likeness (QED) is 0.254. The van der Waals surface area contributed by atoms with Crippen LogP contribution in [0.15, 0.2) is 30.6 Å². The Morgan fingerprint density at radius 2 is 1.90 bits per heavy atom. The maximum Gasteiger partial charge on any atom is 0.236 e. The molecule has 3 heterocycles. The minimum Gasteiger partial charge on any atom is -0.454 e. The van der Waals surface area contributed by atoms with E-state index in [1.54, 1.807) is 14.5 Å². The maximum atomic E-state index is 15.5. The summed E-state index contributed by atoms with van der Waals surface area (Å²) in [5, 5.41) is 4.92. The van der Waals surface area contributed by atoms with Gasteiger partial charge in [0, 0.05) is 30.8 Å². The third-order valence-electron chi connectivity index (χ3n) is 6.84. The van der Waals surface area contributed by atoms with Crippen LogP contribution in [-0.2, 0) is 11.5 Å². The van der Waals surface area contributed by atoms with Crippen LogP contribution in [0.25, 0.3) is 22.3 Å². The van der Waals surface area contributed by atoms with Crippen molar-refractivity contribution in [3.05, 3.63) is 59.4 Å². The molecule has 5 rings (SSSR count). The van der Waals surface area contributed by atoms with Gasteiger partial charge in [-0.05, 0) is 39.1 Å². The summed E-state index contributed by atoms with van der Waals surface area (Å²) in [5.41, 5.74) is 5.75. The second-order valence-corrected chi connectivity index (χ2v) is 9.96. The lowest BCUT2D eigenvalue weighted by atomic mass is 10.1. The van der Waals surface area contributed by atoms with Gasteiger partial charge in [0.2, 0.25) is 11.7 Å². The van der Waals surface area contributed by atoms with Crippen molar-refractivity contribution in [3.8, 4) is 22.8 Å². The fraction of sp³-hybridized carbons (Fsp3) is 0.333. The van der Waals surface area contributed by atoms with E-state index in [4.69, 9.17) is 10.5 Å². The number of aromatic nitrogens is 4. The molecule has 1 unspecified atom stereocenters.